The normalized spacial score (nSPS) is 10.4. The van der Waals surface area contributed by atoms with Gasteiger partial charge in [0.15, 0.2) is 0 Å². The van der Waals surface area contributed by atoms with Gasteiger partial charge in [0, 0.05) is 6.42 Å². The first kappa shape index (κ1) is 19.9. The second kappa shape index (κ2) is 9.35. The number of rotatable bonds is 8. The van der Waals surface area contributed by atoms with Crippen molar-refractivity contribution in [3.05, 3.63) is 21.9 Å². The Morgan fingerprint density at radius 3 is 2.81 bits per heavy atom. The maximum atomic E-state index is 12.2. The molecule has 0 saturated heterocycles. The van der Waals surface area contributed by atoms with E-state index in [0.29, 0.717) is 33.0 Å². The van der Waals surface area contributed by atoms with Gasteiger partial charge in [-0.05, 0) is 25.8 Å². The van der Waals surface area contributed by atoms with E-state index < -0.39 is 5.97 Å². The fourth-order valence-corrected chi connectivity index (χ4v) is 3.68. The minimum absolute atomic E-state index is 0.0459. The van der Waals surface area contributed by atoms with E-state index in [1.807, 2.05) is 13.0 Å². The molecule has 1 amide bonds. The summed E-state index contributed by atoms with van der Waals surface area (Å²) in [5.41, 5.74) is 0.763. The van der Waals surface area contributed by atoms with E-state index in [2.05, 4.69) is 15.5 Å². The van der Waals surface area contributed by atoms with E-state index in [1.165, 1.54) is 0 Å². The topological polar surface area (TPSA) is 118 Å². The third-order valence-corrected chi connectivity index (χ3v) is 5.22. The van der Waals surface area contributed by atoms with Crippen LogP contribution >= 0.6 is 23.1 Å². The summed E-state index contributed by atoms with van der Waals surface area (Å²) in [4.78, 5) is 24.4. The van der Waals surface area contributed by atoms with Crippen molar-refractivity contribution in [2.45, 2.75) is 38.8 Å². The van der Waals surface area contributed by atoms with Crippen LogP contribution in [0.25, 0.3) is 0 Å². The van der Waals surface area contributed by atoms with Crippen LogP contribution in [0.4, 0.5) is 5.00 Å². The third-order valence-electron chi connectivity index (χ3n) is 3.21. The Bertz CT molecular complexity index is 838. The SMILES string of the molecule is CCCc1nnc(SCC(=O)Nc2sc(C(=O)OCC)c(C)c2C#N)o1. The molecule has 2 heterocycles. The maximum absolute atomic E-state index is 12.2. The summed E-state index contributed by atoms with van der Waals surface area (Å²) in [5.74, 6) is -0.256. The Labute approximate surface area is 158 Å². The number of esters is 1. The first-order valence-electron chi connectivity index (χ1n) is 7.95. The second-order valence-corrected chi connectivity index (χ2v) is 7.09. The number of amides is 1. The standard InChI is InChI=1S/C16H18N4O4S2/c1-4-6-12-19-20-16(24-12)25-8-11(21)18-14-10(7-17)9(3)13(26-14)15(22)23-5-2/h4-6,8H2,1-3H3,(H,18,21). The Morgan fingerprint density at radius 2 is 2.15 bits per heavy atom. The minimum atomic E-state index is -0.504. The molecule has 0 unspecified atom stereocenters. The van der Waals surface area contributed by atoms with Crippen LogP contribution in [0.5, 0.6) is 0 Å². The molecule has 0 aliphatic rings. The van der Waals surface area contributed by atoms with Gasteiger partial charge < -0.3 is 14.5 Å². The summed E-state index contributed by atoms with van der Waals surface area (Å²) in [5, 5.41) is 20.4. The molecule has 0 aromatic carbocycles. The number of aromatic nitrogens is 2. The molecule has 0 aliphatic heterocycles. The number of aryl methyl sites for hydroxylation is 1. The highest BCUT2D eigenvalue weighted by Gasteiger charge is 2.22. The Kier molecular flexibility index (Phi) is 7.17. The van der Waals surface area contributed by atoms with Crippen LogP contribution < -0.4 is 5.32 Å². The van der Waals surface area contributed by atoms with Gasteiger partial charge in [0.1, 0.15) is 15.9 Å². The van der Waals surface area contributed by atoms with E-state index in [1.54, 1.807) is 13.8 Å². The molecule has 0 spiro atoms. The molecule has 0 saturated carbocycles. The van der Waals surface area contributed by atoms with Crippen molar-refractivity contribution in [3.8, 4) is 6.07 Å². The molecule has 0 fully saturated rings. The quantitative estimate of drug-likeness (QED) is 0.536. The van der Waals surface area contributed by atoms with Gasteiger partial charge in [-0.25, -0.2) is 4.79 Å². The van der Waals surface area contributed by atoms with Crippen molar-refractivity contribution in [1.82, 2.24) is 10.2 Å². The molecular formula is C16H18N4O4S2. The number of nitrogens with one attached hydrogen (secondary N) is 1. The van der Waals surface area contributed by atoms with Crippen molar-refractivity contribution < 1.29 is 18.7 Å². The van der Waals surface area contributed by atoms with Crippen LogP contribution in [0, 0.1) is 18.3 Å². The molecule has 2 rings (SSSR count). The van der Waals surface area contributed by atoms with Crippen molar-refractivity contribution >= 4 is 40.0 Å². The number of ether oxygens (including phenoxy) is 1. The number of carbonyl (C=O) groups excluding carboxylic acids is 2. The van der Waals surface area contributed by atoms with E-state index >= 15 is 0 Å². The lowest BCUT2D eigenvalue weighted by Gasteiger charge is -2.01. The van der Waals surface area contributed by atoms with Gasteiger partial charge in [0.2, 0.25) is 11.8 Å². The van der Waals surface area contributed by atoms with Crippen molar-refractivity contribution in [1.29, 1.82) is 5.26 Å². The first-order valence-corrected chi connectivity index (χ1v) is 9.75. The Balaban J connectivity index is 2.02. The molecule has 0 bridgehead atoms. The number of nitrogens with zero attached hydrogens (tertiary/aromatic N) is 3. The highest BCUT2D eigenvalue weighted by atomic mass is 32.2. The fourth-order valence-electron chi connectivity index (χ4n) is 2.03. The summed E-state index contributed by atoms with van der Waals surface area (Å²) in [7, 11) is 0. The van der Waals surface area contributed by atoms with E-state index in [-0.39, 0.29) is 23.8 Å². The van der Waals surface area contributed by atoms with Gasteiger partial charge in [0.25, 0.3) is 5.22 Å². The number of anilines is 1. The molecule has 138 valence electrons. The lowest BCUT2D eigenvalue weighted by Crippen LogP contribution is -2.13. The molecule has 0 aliphatic carbocycles. The molecule has 0 atom stereocenters. The minimum Gasteiger partial charge on any atom is -0.462 e. The van der Waals surface area contributed by atoms with Crippen molar-refractivity contribution in [2.75, 3.05) is 17.7 Å². The molecule has 2 aromatic heterocycles. The molecule has 10 heteroatoms. The van der Waals surface area contributed by atoms with E-state index in [4.69, 9.17) is 9.15 Å². The molecule has 26 heavy (non-hydrogen) atoms. The second-order valence-electron chi connectivity index (χ2n) is 5.14. The molecule has 2 aromatic rings. The van der Waals surface area contributed by atoms with Gasteiger partial charge in [-0.15, -0.1) is 21.5 Å². The summed E-state index contributed by atoms with van der Waals surface area (Å²) in [6.07, 6.45) is 1.58. The zero-order valence-electron chi connectivity index (χ0n) is 14.6. The Morgan fingerprint density at radius 1 is 1.38 bits per heavy atom. The number of nitriles is 1. The summed E-state index contributed by atoms with van der Waals surface area (Å²) < 4.78 is 10.4. The van der Waals surface area contributed by atoms with Crippen molar-refractivity contribution in [3.63, 3.8) is 0 Å². The number of hydrogen-bond donors (Lipinski definition) is 1. The van der Waals surface area contributed by atoms with Gasteiger partial charge in [-0.1, -0.05) is 18.7 Å². The zero-order valence-corrected chi connectivity index (χ0v) is 16.3. The summed E-state index contributed by atoms with van der Waals surface area (Å²) in [6, 6.07) is 2.02. The average molecular weight is 394 g/mol. The van der Waals surface area contributed by atoms with Crippen LogP contribution in [0.3, 0.4) is 0 Å². The number of thioether (sulfide) groups is 1. The smallest absolute Gasteiger partial charge is 0.348 e. The van der Waals surface area contributed by atoms with Crippen LogP contribution in [0.15, 0.2) is 9.64 Å². The zero-order chi connectivity index (χ0) is 19.1. The number of thiophene rings is 1. The highest BCUT2D eigenvalue weighted by molar-refractivity contribution is 7.99. The maximum Gasteiger partial charge on any atom is 0.348 e. The van der Waals surface area contributed by atoms with Crippen LogP contribution in [0.2, 0.25) is 0 Å². The third kappa shape index (κ3) is 4.83. The molecule has 1 N–H and O–H groups in total. The largest absolute Gasteiger partial charge is 0.462 e. The monoisotopic (exact) mass is 394 g/mol. The van der Waals surface area contributed by atoms with Gasteiger partial charge in [-0.2, -0.15) is 5.26 Å². The predicted molar refractivity (Wildman–Crippen MR) is 97.4 cm³/mol. The summed E-state index contributed by atoms with van der Waals surface area (Å²) >= 11 is 2.14. The first-order chi connectivity index (χ1) is 12.5. The number of carbonyl (C=O) groups is 2. The fraction of sp³-hybridized carbons (Fsp3) is 0.438. The van der Waals surface area contributed by atoms with Gasteiger partial charge in [0.05, 0.1) is 17.9 Å². The van der Waals surface area contributed by atoms with Crippen LogP contribution in [-0.4, -0.2) is 34.4 Å². The van der Waals surface area contributed by atoms with Crippen molar-refractivity contribution in [2.24, 2.45) is 0 Å². The van der Waals surface area contributed by atoms with Crippen LogP contribution in [0.1, 0.15) is 47.0 Å². The molecular weight excluding hydrogens is 376 g/mol. The van der Waals surface area contributed by atoms with E-state index in [9.17, 15) is 14.9 Å². The van der Waals surface area contributed by atoms with E-state index in [0.717, 1.165) is 29.5 Å². The average Bonchev–Trinajstić information content (AvgIpc) is 3.18. The lowest BCUT2D eigenvalue weighted by atomic mass is 10.2. The lowest BCUT2D eigenvalue weighted by molar-refractivity contribution is -0.113. The number of hydrogen-bond acceptors (Lipinski definition) is 9. The Hall–Kier alpha value is -2.38. The molecule has 0 radical (unpaired) electrons. The molecule has 8 nitrogen and oxygen atoms in total. The summed E-state index contributed by atoms with van der Waals surface area (Å²) in [6.45, 7) is 5.60. The van der Waals surface area contributed by atoms with Gasteiger partial charge >= 0.3 is 5.97 Å². The predicted octanol–water partition coefficient (Wildman–Crippen LogP) is 3.17. The van der Waals surface area contributed by atoms with Gasteiger partial charge in [-0.3, -0.25) is 4.79 Å². The van der Waals surface area contributed by atoms with Crippen LogP contribution in [-0.2, 0) is 16.0 Å². The highest BCUT2D eigenvalue weighted by Crippen LogP contribution is 2.33.